The standard InChI is InChI=1S/C18H30BrNO/c1-18(2,3)10-9-15(14-20-11-12-21-4)13-16-7-5-6-8-17(16)19/h5-8,15,20H,9-14H2,1-4H3. The maximum Gasteiger partial charge on any atom is 0.0587 e. The van der Waals surface area contributed by atoms with Crippen LogP contribution < -0.4 is 5.32 Å². The average molecular weight is 356 g/mol. The van der Waals surface area contributed by atoms with Crippen molar-refractivity contribution < 1.29 is 4.74 Å². The van der Waals surface area contributed by atoms with Gasteiger partial charge in [0.15, 0.2) is 0 Å². The van der Waals surface area contributed by atoms with Gasteiger partial charge in [-0.2, -0.15) is 0 Å². The molecule has 1 rings (SSSR count). The second-order valence-electron chi connectivity index (χ2n) is 6.96. The molecule has 0 radical (unpaired) electrons. The van der Waals surface area contributed by atoms with Crippen LogP contribution in [0.4, 0.5) is 0 Å². The van der Waals surface area contributed by atoms with E-state index in [0.29, 0.717) is 11.3 Å². The molecule has 0 amide bonds. The van der Waals surface area contributed by atoms with Crippen LogP contribution in [0.1, 0.15) is 39.2 Å². The lowest BCUT2D eigenvalue weighted by atomic mass is 9.84. The number of rotatable bonds is 9. The SMILES string of the molecule is COCCNCC(CCC(C)(C)C)Cc1ccccc1Br. The quantitative estimate of drug-likeness (QED) is 0.649. The van der Waals surface area contributed by atoms with Crippen LogP contribution in [0.2, 0.25) is 0 Å². The lowest BCUT2D eigenvalue weighted by Crippen LogP contribution is -2.28. The average Bonchev–Trinajstić information content (AvgIpc) is 2.42. The first-order chi connectivity index (χ1) is 9.92. The van der Waals surface area contributed by atoms with Gasteiger partial charge < -0.3 is 10.1 Å². The Kier molecular flexibility index (Phi) is 8.53. The third kappa shape index (κ3) is 8.60. The highest BCUT2D eigenvalue weighted by Crippen LogP contribution is 2.27. The first-order valence-corrected chi connectivity index (χ1v) is 8.65. The normalized spacial score (nSPS) is 13.4. The smallest absolute Gasteiger partial charge is 0.0587 e. The van der Waals surface area contributed by atoms with E-state index in [0.717, 1.165) is 26.1 Å². The second kappa shape index (κ2) is 9.60. The molecule has 1 N–H and O–H groups in total. The molecule has 0 spiro atoms. The molecule has 0 aliphatic heterocycles. The van der Waals surface area contributed by atoms with Crippen molar-refractivity contribution in [3.8, 4) is 0 Å². The fraction of sp³-hybridized carbons (Fsp3) is 0.667. The van der Waals surface area contributed by atoms with E-state index < -0.39 is 0 Å². The van der Waals surface area contributed by atoms with Gasteiger partial charge in [0.05, 0.1) is 6.61 Å². The maximum atomic E-state index is 5.11. The molecule has 0 aliphatic carbocycles. The first-order valence-electron chi connectivity index (χ1n) is 7.85. The molecule has 3 heteroatoms. The molecule has 0 saturated heterocycles. The van der Waals surface area contributed by atoms with E-state index in [-0.39, 0.29) is 0 Å². The van der Waals surface area contributed by atoms with Gasteiger partial charge in [0.25, 0.3) is 0 Å². The minimum Gasteiger partial charge on any atom is -0.383 e. The molecule has 1 aromatic carbocycles. The van der Waals surface area contributed by atoms with Gasteiger partial charge in [-0.3, -0.25) is 0 Å². The molecule has 2 nitrogen and oxygen atoms in total. The molecule has 21 heavy (non-hydrogen) atoms. The highest BCUT2D eigenvalue weighted by molar-refractivity contribution is 9.10. The van der Waals surface area contributed by atoms with E-state index in [1.54, 1.807) is 7.11 Å². The van der Waals surface area contributed by atoms with Gasteiger partial charge in [0, 0.05) is 18.1 Å². The van der Waals surface area contributed by atoms with Crippen molar-refractivity contribution in [2.45, 2.75) is 40.0 Å². The van der Waals surface area contributed by atoms with Crippen molar-refractivity contribution in [2.24, 2.45) is 11.3 Å². The summed E-state index contributed by atoms with van der Waals surface area (Å²) >= 11 is 3.67. The van der Waals surface area contributed by atoms with Gasteiger partial charge in [-0.1, -0.05) is 54.9 Å². The van der Waals surface area contributed by atoms with Crippen LogP contribution in [0, 0.1) is 11.3 Å². The fourth-order valence-electron chi connectivity index (χ4n) is 2.37. The van der Waals surface area contributed by atoms with E-state index in [1.165, 1.54) is 22.9 Å². The number of methoxy groups -OCH3 is 1. The van der Waals surface area contributed by atoms with Crippen LogP contribution in [0.15, 0.2) is 28.7 Å². The zero-order valence-corrected chi connectivity index (χ0v) is 15.5. The summed E-state index contributed by atoms with van der Waals surface area (Å²) < 4.78 is 6.33. The Morgan fingerprint density at radius 1 is 1.24 bits per heavy atom. The van der Waals surface area contributed by atoms with Crippen molar-refractivity contribution in [3.63, 3.8) is 0 Å². The molecule has 0 bridgehead atoms. The van der Waals surface area contributed by atoms with Crippen LogP contribution in [0.25, 0.3) is 0 Å². The summed E-state index contributed by atoms with van der Waals surface area (Å²) in [4.78, 5) is 0. The zero-order valence-electron chi connectivity index (χ0n) is 13.9. The monoisotopic (exact) mass is 355 g/mol. The predicted molar refractivity (Wildman–Crippen MR) is 94.8 cm³/mol. The summed E-state index contributed by atoms with van der Waals surface area (Å²) in [6, 6.07) is 8.56. The molecule has 1 unspecified atom stereocenters. The van der Waals surface area contributed by atoms with E-state index in [9.17, 15) is 0 Å². The number of hydrogen-bond acceptors (Lipinski definition) is 2. The van der Waals surface area contributed by atoms with Crippen molar-refractivity contribution >= 4 is 15.9 Å². The third-order valence-electron chi connectivity index (χ3n) is 3.68. The number of ether oxygens (including phenoxy) is 1. The molecule has 0 heterocycles. The van der Waals surface area contributed by atoms with Crippen molar-refractivity contribution in [2.75, 3.05) is 26.8 Å². The topological polar surface area (TPSA) is 21.3 Å². The number of halogens is 1. The molecule has 0 aliphatic rings. The molecular weight excluding hydrogens is 326 g/mol. The van der Waals surface area contributed by atoms with Gasteiger partial charge in [-0.15, -0.1) is 0 Å². The molecule has 120 valence electrons. The van der Waals surface area contributed by atoms with Crippen molar-refractivity contribution in [1.29, 1.82) is 0 Å². The van der Waals surface area contributed by atoms with Crippen LogP contribution in [-0.4, -0.2) is 26.8 Å². The van der Waals surface area contributed by atoms with Crippen molar-refractivity contribution in [1.82, 2.24) is 5.32 Å². The lowest BCUT2D eigenvalue weighted by molar-refractivity contribution is 0.196. The Hall–Kier alpha value is -0.380. The Bertz CT molecular complexity index is 400. The van der Waals surface area contributed by atoms with E-state index in [1.807, 2.05) is 0 Å². The molecule has 1 aromatic rings. The Labute approximate surface area is 138 Å². The Morgan fingerprint density at radius 2 is 1.95 bits per heavy atom. The summed E-state index contributed by atoms with van der Waals surface area (Å²) in [5.41, 5.74) is 1.81. The van der Waals surface area contributed by atoms with E-state index >= 15 is 0 Å². The first kappa shape index (κ1) is 18.7. The van der Waals surface area contributed by atoms with Gasteiger partial charge >= 0.3 is 0 Å². The zero-order chi connectivity index (χ0) is 15.7. The molecule has 0 fully saturated rings. The lowest BCUT2D eigenvalue weighted by Gasteiger charge is -2.24. The molecule has 0 aromatic heterocycles. The summed E-state index contributed by atoms with van der Waals surface area (Å²) in [6.45, 7) is 9.73. The van der Waals surface area contributed by atoms with E-state index in [4.69, 9.17) is 4.74 Å². The van der Waals surface area contributed by atoms with Crippen LogP contribution >= 0.6 is 15.9 Å². The maximum absolute atomic E-state index is 5.11. The largest absolute Gasteiger partial charge is 0.383 e. The molecular formula is C18H30BrNO. The van der Waals surface area contributed by atoms with Crippen LogP contribution in [0.3, 0.4) is 0 Å². The van der Waals surface area contributed by atoms with Crippen LogP contribution in [0.5, 0.6) is 0 Å². The second-order valence-corrected chi connectivity index (χ2v) is 7.81. The summed E-state index contributed by atoms with van der Waals surface area (Å²) in [6.07, 6.45) is 3.64. The highest BCUT2D eigenvalue weighted by atomic mass is 79.9. The summed E-state index contributed by atoms with van der Waals surface area (Å²) in [5.74, 6) is 0.666. The minimum atomic E-state index is 0.401. The molecule has 0 saturated carbocycles. The van der Waals surface area contributed by atoms with Crippen LogP contribution in [-0.2, 0) is 11.2 Å². The van der Waals surface area contributed by atoms with Gasteiger partial charge in [-0.05, 0) is 48.8 Å². The van der Waals surface area contributed by atoms with Gasteiger partial charge in [0.2, 0.25) is 0 Å². The summed E-state index contributed by atoms with van der Waals surface area (Å²) in [7, 11) is 1.75. The van der Waals surface area contributed by atoms with Gasteiger partial charge in [0.1, 0.15) is 0 Å². The Morgan fingerprint density at radius 3 is 2.57 bits per heavy atom. The Balaban J connectivity index is 2.56. The van der Waals surface area contributed by atoms with E-state index in [2.05, 4.69) is 66.3 Å². The predicted octanol–water partition coefficient (Wildman–Crippen LogP) is 4.67. The summed E-state index contributed by atoms with van der Waals surface area (Å²) in [5, 5.41) is 3.52. The minimum absolute atomic E-state index is 0.401. The number of benzene rings is 1. The van der Waals surface area contributed by atoms with Crippen molar-refractivity contribution in [3.05, 3.63) is 34.3 Å². The highest BCUT2D eigenvalue weighted by Gasteiger charge is 2.16. The molecule has 1 atom stereocenters. The third-order valence-corrected chi connectivity index (χ3v) is 4.46. The van der Waals surface area contributed by atoms with Gasteiger partial charge in [-0.25, -0.2) is 0 Å². The number of hydrogen-bond donors (Lipinski definition) is 1. The number of nitrogens with one attached hydrogen (secondary N) is 1. The fourth-order valence-corrected chi connectivity index (χ4v) is 2.82.